The van der Waals surface area contributed by atoms with E-state index in [1.807, 2.05) is 30.3 Å². The third kappa shape index (κ3) is 3.00. The van der Waals surface area contributed by atoms with Crippen LogP contribution in [-0.2, 0) is 11.3 Å². The first kappa shape index (κ1) is 13.1. The van der Waals surface area contributed by atoms with Crippen LogP contribution in [0.25, 0.3) is 11.3 Å². The van der Waals surface area contributed by atoms with Gasteiger partial charge in [-0.1, -0.05) is 5.16 Å². The number of nitrogens with one attached hydrogen (secondary N) is 1. The molecule has 1 aromatic carbocycles. The normalized spacial score (nSPS) is 16.2. The summed E-state index contributed by atoms with van der Waals surface area (Å²) in [5.41, 5.74) is 1.91. The first-order valence-electron chi connectivity index (χ1n) is 6.86. The molecule has 0 saturated carbocycles. The molecule has 0 aliphatic carbocycles. The van der Waals surface area contributed by atoms with Gasteiger partial charge in [0.05, 0.1) is 20.3 Å². The Bertz CT molecular complexity index is 545. The highest BCUT2D eigenvalue weighted by atomic mass is 16.5. The predicted molar refractivity (Wildman–Crippen MR) is 73.7 cm³/mol. The van der Waals surface area contributed by atoms with Crippen molar-refractivity contribution in [2.24, 2.45) is 0 Å². The Morgan fingerprint density at radius 2 is 1.95 bits per heavy atom. The molecule has 106 valence electrons. The summed E-state index contributed by atoms with van der Waals surface area (Å²) < 4.78 is 15.9. The first-order chi connectivity index (χ1) is 9.85. The summed E-state index contributed by atoms with van der Waals surface area (Å²) in [6.07, 6.45) is 0. The lowest BCUT2D eigenvalue weighted by Crippen LogP contribution is -3.12. The van der Waals surface area contributed by atoms with Crippen LogP contribution in [0.4, 0.5) is 0 Å². The highest BCUT2D eigenvalue weighted by molar-refractivity contribution is 5.59. The quantitative estimate of drug-likeness (QED) is 0.895. The average Bonchev–Trinajstić information content (AvgIpc) is 2.97. The minimum Gasteiger partial charge on any atom is -0.497 e. The third-order valence-corrected chi connectivity index (χ3v) is 3.57. The van der Waals surface area contributed by atoms with E-state index in [4.69, 9.17) is 14.0 Å². The van der Waals surface area contributed by atoms with Crippen molar-refractivity contribution in [3.05, 3.63) is 36.1 Å². The van der Waals surface area contributed by atoms with E-state index in [1.165, 1.54) is 4.90 Å². The molecule has 0 bridgehead atoms. The maximum atomic E-state index is 5.44. The smallest absolute Gasteiger partial charge is 0.191 e. The van der Waals surface area contributed by atoms with Crippen LogP contribution in [0.5, 0.6) is 5.75 Å². The summed E-state index contributed by atoms with van der Waals surface area (Å²) >= 11 is 0. The van der Waals surface area contributed by atoms with Crippen LogP contribution in [-0.4, -0.2) is 38.6 Å². The summed E-state index contributed by atoms with van der Waals surface area (Å²) in [7, 11) is 1.66. The Morgan fingerprint density at radius 3 is 2.65 bits per heavy atom. The monoisotopic (exact) mass is 275 g/mol. The molecule has 0 atom stereocenters. The standard InChI is InChI=1S/C15H18N2O3/c1-18-13-4-2-12(3-5-13)15-10-14(20-16-15)11-17-6-8-19-9-7-17/h2-5,10H,6-9,11H2,1H3/p+1. The molecule has 20 heavy (non-hydrogen) atoms. The minimum absolute atomic E-state index is 0.828. The van der Waals surface area contributed by atoms with Crippen LogP contribution < -0.4 is 9.64 Å². The molecular weight excluding hydrogens is 256 g/mol. The van der Waals surface area contributed by atoms with Gasteiger partial charge in [0.2, 0.25) is 0 Å². The lowest BCUT2D eigenvalue weighted by Gasteiger charge is -2.22. The lowest BCUT2D eigenvalue weighted by atomic mass is 10.1. The van der Waals surface area contributed by atoms with E-state index in [1.54, 1.807) is 7.11 Å². The maximum absolute atomic E-state index is 5.44. The van der Waals surface area contributed by atoms with Gasteiger partial charge in [-0.2, -0.15) is 0 Å². The maximum Gasteiger partial charge on any atom is 0.191 e. The van der Waals surface area contributed by atoms with E-state index < -0.39 is 0 Å². The van der Waals surface area contributed by atoms with Crippen molar-refractivity contribution < 1.29 is 18.9 Å². The highest BCUT2D eigenvalue weighted by Crippen LogP contribution is 2.21. The van der Waals surface area contributed by atoms with Crippen molar-refractivity contribution in [1.82, 2.24) is 5.16 Å². The Morgan fingerprint density at radius 1 is 1.20 bits per heavy atom. The Kier molecular flexibility index (Phi) is 3.99. The molecule has 3 rings (SSSR count). The van der Waals surface area contributed by atoms with E-state index in [-0.39, 0.29) is 0 Å². The molecule has 1 aliphatic rings. The van der Waals surface area contributed by atoms with Gasteiger partial charge in [-0.15, -0.1) is 0 Å². The minimum atomic E-state index is 0.828. The van der Waals surface area contributed by atoms with Gasteiger partial charge in [0.25, 0.3) is 0 Å². The number of aromatic nitrogens is 1. The summed E-state index contributed by atoms with van der Waals surface area (Å²) in [4.78, 5) is 1.48. The molecular formula is C15H19N2O3+. The van der Waals surface area contributed by atoms with E-state index in [9.17, 15) is 0 Å². The topological polar surface area (TPSA) is 48.9 Å². The zero-order valence-corrected chi connectivity index (χ0v) is 11.6. The van der Waals surface area contributed by atoms with Gasteiger partial charge >= 0.3 is 0 Å². The fourth-order valence-corrected chi connectivity index (χ4v) is 2.38. The first-order valence-corrected chi connectivity index (χ1v) is 6.86. The van der Waals surface area contributed by atoms with E-state index in [0.717, 1.165) is 55.6 Å². The van der Waals surface area contributed by atoms with Gasteiger partial charge in [-0.05, 0) is 24.3 Å². The number of benzene rings is 1. The number of quaternary nitrogens is 1. The van der Waals surface area contributed by atoms with Crippen molar-refractivity contribution >= 4 is 0 Å². The average molecular weight is 275 g/mol. The third-order valence-electron chi connectivity index (χ3n) is 3.57. The molecule has 1 saturated heterocycles. The molecule has 2 heterocycles. The zero-order chi connectivity index (χ0) is 13.8. The summed E-state index contributed by atoms with van der Waals surface area (Å²) in [6, 6.07) is 9.85. The van der Waals surface area contributed by atoms with Crippen molar-refractivity contribution in [3.63, 3.8) is 0 Å². The molecule has 1 aromatic heterocycles. The number of hydrogen-bond acceptors (Lipinski definition) is 4. The second-order valence-electron chi connectivity index (χ2n) is 4.95. The summed E-state index contributed by atoms with van der Waals surface area (Å²) in [5.74, 6) is 1.77. The number of nitrogens with zero attached hydrogens (tertiary/aromatic N) is 1. The number of hydrogen-bond donors (Lipinski definition) is 1. The van der Waals surface area contributed by atoms with E-state index in [0.29, 0.717) is 0 Å². The molecule has 0 unspecified atom stereocenters. The van der Waals surface area contributed by atoms with Gasteiger partial charge in [-0.25, -0.2) is 0 Å². The van der Waals surface area contributed by atoms with Crippen molar-refractivity contribution in [2.45, 2.75) is 6.54 Å². The highest BCUT2D eigenvalue weighted by Gasteiger charge is 2.17. The number of methoxy groups -OCH3 is 1. The molecule has 2 aromatic rings. The van der Waals surface area contributed by atoms with Crippen molar-refractivity contribution in [2.75, 3.05) is 33.4 Å². The van der Waals surface area contributed by atoms with Crippen LogP contribution in [0, 0.1) is 0 Å². The Labute approximate surface area is 118 Å². The number of rotatable bonds is 4. The molecule has 0 radical (unpaired) electrons. The molecule has 1 fully saturated rings. The molecule has 5 nitrogen and oxygen atoms in total. The number of ether oxygens (including phenoxy) is 2. The second kappa shape index (κ2) is 6.07. The molecule has 0 amide bonds. The van der Waals surface area contributed by atoms with Crippen LogP contribution in [0.2, 0.25) is 0 Å². The molecule has 1 aliphatic heterocycles. The lowest BCUT2D eigenvalue weighted by molar-refractivity contribution is -0.922. The largest absolute Gasteiger partial charge is 0.497 e. The van der Waals surface area contributed by atoms with E-state index in [2.05, 4.69) is 5.16 Å². The van der Waals surface area contributed by atoms with Crippen LogP contribution in [0.15, 0.2) is 34.9 Å². The van der Waals surface area contributed by atoms with Crippen molar-refractivity contribution in [3.8, 4) is 17.0 Å². The van der Waals surface area contributed by atoms with Gasteiger partial charge in [0, 0.05) is 11.6 Å². The van der Waals surface area contributed by atoms with Crippen LogP contribution >= 0.6 is 0 Å². The molecule has 1 N–H and O–H groups in total. The molecule has 0 spiro atoms. The fourth-order valence-electron chi connectivity index (χ4n) is 2.38. The van der Waals surface area contributed by atoms with Gasteiger partial charge in [-0.3, -0.25) is 0 Å². The molecule has 5 heteroatoms. The van der Waals surface area contributed by atoms with Crippen LogP contribution in [0.3, 0.4) is 0 Å². The van der Waals surface area contributed by atoms with Crippen LogP contribution in [0.1, 0.15) is 5.76 Å². The van der Waals surface area contributed by atoms with Gasteiger partial charge < -0.3 is 18.9 Å². The Hall–Kier alpha value is -1.85. The van der Waals surface area contributed by atoms with Crippen molar-refractivity contribution in [1.29, 1.82) is 0 Å². The summed E-state index contributed by atoms with van der Waals surface area (Å²) in [5, 5.41) is 4.15. The van der Waals surface area contributed by atoms with E-state index >= 15 is 0 Å². The van der Waals surface area contributed by atoms with Gasteiger partial charge in [0.1, 0.15) is 31.1 Å². The second-order valence-corrected chi connectivity index (χ2v) is 4.95. The van der Waals surface area contributed by atoms with Gasteiger partial charge in [0.15, 0.2) is 5.76 Å². The number of morpholine rings is 1. The fraction of sp³-hybridized carbons (Fsp3) is 0.400. The SMILES string of the molecule is COc1ccc(-c2cc(C[NH+]3CCOCC3)on2)cc1. The predicted octanol–water partition coefficient (Wildman–Crippen LogP) is 0.765. The Balaban J connectivity index is 1.68. The summed E-state index contributed by atoms with van der Waals surface area (Å²) in [6.45, 7) is 4.58. The zero-order valence-electron chi connectivity index (χ0n) is 11.6.